The summed E-state index contributed by atoms with van der Waals surface area (Å²) in [5, 5.41) is 15.6. The van der Waals surface area contributed by atoms with E-state index in [1.54, 1.807) is 13.0 Å². The van der Waals surface area contributed by atoms with Crippen molar-refractivity contribution < 1.29 is 50.5 Å². The van der Waals surface area contributed by atoms with Gasteiger partial charge in [-0.1, -0.05) is 18.2 Å². The van der Waals surface area contributed by atoms with Crippen LogP contribution in [0.25, 0.3) is 11.2 Å². The number of alkyl halides is 4. The van der Waals surface area contributed by atoms with Gasteiger partial charge in [0.2, 0.25) is 5.95 Å². The van der Waals surface area contributed by atoms with E-state index in [4.69, 9.17) is 24.3 Å². The Kier molecular flexibility index (Phi) is 8.94. The number of anilines is 2. The summed E-state index contributed by atoms with van der Waals surface area (Å²) in [6.45, 7) is 1.76. The van der Waals surface area contributed by atoms with Gasteiger partial charge < -0.3 is 30.2 Å². The van der Waals surface area contributed by atoms with Crippen molar-refractivity contribution in [1.29, 1.82) is 0 Å². The van der Waals surface area contributed by atoms with Crippen LogP contribution in [0.1, 0.15) is 20.1 Å². The van der Waals surface area contributed by atoms with Crippen LogP contribution in [-0.4, -0.2) is 81.0 Å². The Hall–Kier alpha value is -3.57. The van der Waals surface area contributed by atoms with Crippen LogP contribution in [-0.2, 0) is 23.4 Å². The van der Waals surface area contributed by atoms with E-state index < -0.39 is 56.6 Å². The summed E-state index contributed by atoms with van der Waals surface area (Å²) in [5.74, 6) is -1.13. The van der Waals surface area contributed by atoms with Crippen molar-refractivity contribution in [2.75, 3.05) is 31.3 Å². The summed E-state index contributed by atoms with van der Waals surface area (Å²) in [4.78, 5) is 23.8. The van der Waals surface area contributed by atoms with Gasteiger partial charge in [-0.25, -0.2) is 13.9 Å². The molecule has 230 valence electrons. The molecule has 19 heteroatoms. The van der Waals surface area contributed by atoms with Crippen molar-refractivity contribution >= 4 is 36.6 Å². The summed E-state index contributed by atoms with van der Waals surface area (Å²) < 4.78 is 93.9. The van der Waals surface area contributed by atoms with Crippen LogP contribution in [0.3, 0.4) is 0 Å². The number of fused-ring (bicyclic) bond motifs is 1. The van der Waals surface area contributed by atoms with Gasteiger partial charge in [-0.3, -0.25) is 13.9 Å². The Labute approximate surface area is 236 Å². The van der Waals surface area contributed by atoms with Gasteiger partial charge in [-0.05, 0) is 26.0 Å². The Bertz CT molecular complexity index is 1460. The maximum absolute atomic E-state index is 16.0. The number of carbonyl (C=O) groups is 1. The number of hydrogen-bond acceptors (Lipinski definition) is 12. The number of aliphatic hydroxyl groups is 1. The second-order valence-corrected chi connectivity index (χ2v) is 10.7. The number of halogens is 4. The average Bonchev–Trinajstić information content (AvgIpc) is 3.46. The standard InChI is InChI=1S/C23H28F4N7O7P/c1-4-38-19(36)12(2)33-42(37,41-13-8-6-5-7-9-13)39-10-14-16(35)22(24,23(25,26)27)20(40-14)34-11-30-15-17(29-3)31-21(28)32-18(15)34/h5-9,11-12,14,16,20,35H,4,10H2,1-3H3,(H,33,37)(H3,28,29,31,32)/t12-,14-,16-,20-,22-,42-/m1/s1. The van der Waals surface area contributed by atoms with Gasteiger partial charge in [0.1, 0.15) is 24.0 Å². The van der Waals surface area contributed by atoms with Crippen molar-refractivity contribution in [3.63, 3.8) is 0 Å². The van der Waals surface area contributed by atoms with Crippen LogP contribution < -0.4 is 20.7 Å². The third kappa shape index (κ3) is 5.98. The van der Waals surface area contributed by atoms with Crippen LogP contribution in [0.4, 0.5) is 29.3 Å². The summed E-state index contributed by atoms with van der Waals surface area (Å²) in [6.07, 6.45) is -12.3. The number of aliphatic hydroxyl groups excluding tert-OH is 1. The second kappa shape index (κ2) is 12.0. The molecule has 3 heterocycles. The summed E-state index contributed by atoms with van der Waals surface area (Å²) in [6, 6.07) is 6.24. The Morgan fingerprint density at radius 1 is 1.31 bits per heavy atom. The Balaban J connectivity index is 1.66. The molecule has 1 aliphatic rings. The Morgan fingerprint density at radius 3 is 2.62 bits per heavy atom. The number of rotatable bonds is 11. The number of nitrogens with zero attached hydrogens (tertiary/aromatic N) is 4. The van der Waals surface area contributed by atoms with E-state index in [1.165, 1.54) is 38.2 Å². The minimum Gasteiger partial charge on any atom is -0.465 e. The molecular weight excluding hydrogens is 593 g/mol. The highest BCUT2D eigenvalue weighted by Crippen LogP contribution is 2.53. The SMILES string of the molecule is CCOC(=O)[C@@H](C)N[P@@](=O)(OC[C@H]1O[C@@H](n2cnc3c(NC)nc(N)nc32)[C@@](F)(C(F)(F)F)[C@@H]1O)Oc1ccccc1. The molecule has 0 radical (unpaired) electrons. The lowest BCUT2D eigenvalue weighted by molar-refractivity contribution is -0.273. The lowest BCUT2D eigenvalue weighted by Gasteiger charge is -2.31. The van der Waals surface area contributed by atoms with Crippen molar-refractivity contribution in [1.82, 2.24) is 24.6 Å². The fourth-order valence-corrected chi connectivity index (χ4v) is 5.68. The molecule has 0 spiro atoms. The molecule has 0 unspecified atom stereocenters. The van der Waals surface area contributed by atoms with Crippen molar-refractivity contribution in [2.24, 2.45) is 0 Å². The molecule has 1 saturated heterocycles. The fraction of sp³-hybridized carbons (Fsp3) is 0.478. The molecule has 1 aromatic carbocycles. The molecule has 1 aliphatic heterocycles. The molecule has 14 nitrogen and oxygen atoms in total. The minimum atomic E-state index is -5.67. The zero-order chi connectivity index (χ0) is 30.9. The Morgan fingerprint density at radius 2 is 2.00 bits per heavy atom. The lowest BCUT2D eigenvalue weighted by Crippen LogP contribution is -2.54. The molecular formula is C23H28F4N7O7P. The first-order chi connectivity index (χ1) is 19.7. The number of esters is 1. The molecule has 0 amide bonds. The highest BCUT2D eigenvalue weighted by atomic mass is 31.2. The van der Waals surface area contributed by atoms with Crippen LogP contribution in [0.15, 0.2) is 36.7 Å². The lowest BCUT2D eigenvalue weighted by atomic mass is 9.95. The van der Waals surface area contributed by atoms with Gasteiger partial charge >= 0.3 is 19.9 Å². The molecule has 2 aromatic heterocycles. The monoisotopic (exact) mass is 621 g/mol. The smallest absolute Gasteiger partial charge is 0.459 e. The fourth-order valence-electron chi connectivity index (χ4n) is 4.18. The molecule has 3 aromatic rings. The van der Waals surface area contributed by atoms with E-state index in [0.717, 1.165) is 6.33 Å². The minimum absolute atomic E-state index is 0.00435. The predicted molar refractivity (Wildman–Crippen MR) is 139 cm³/mol. The van der Waals surface area contributed by atoms with Crippen LogP contribution in [0, 0.1) is 0 Å². The number of benzene rings is 1. The van der Waals surface area contributed by atoms with Gasteiger partial charge in [0.05, 0.1) is 19.5 Å². The maximum Gasteiger partial charge on any atom is 0.459 e. The third-order valence-corrected chi connectivity index (χ3v) is 7.82. The van der Waals surface area contributed by atoms with Crippen molar-refractivity contribution in [2.45, 2.75) is 50.2 Å². The number of aromatic nitrogens is 4. The zero-order valence-corrected chi connectivity index (χ0v) is 23.3. The predicted octanol–water partition coefficient (Wildman–Crippen LogP) is 2.72. The first-order valence-corrected chi connectivity index (χ1v) is 14.0. The second-order valence-electron chi connectivity index (χ2n) is 9.04. The molecule has 0 saturated carbocycles. The van der Waals surface area contributed by atoms with E-state index in [0.29, 0.717) is 4.57 Å². The summed E-state index contributed by atoms with van der Waals surface area (Å²) in [7, 11) is -3.13. The molecule has 42 heavy (non-hydrogen) atoms. The number of carbonyl (C=O) groups excluding carboxylic acids is 1. The normalized spacial score (nSPS) is 24.7. The van der Waals surface area contributed by atoms with Crippen LogP contribution in [0.2, 0.25) is 0 Å². The highest BCUT2D eigenvalue weighted by Gasteiger charge is 2.73. The molecule has 0 bridgehead atoms. The largest absolute Gasteiger partial charge is 0.465 e. The van der Waals surface area contributed by atoms with E-state index in [2.05, 4.69) is 25.4 Å². The van der Waals surface area contributed by atoms with E-state index >= 15 is 4.39 Å². The van der Waals surface area contributed by atoms with E-state index in [9.17, 15) is 27.6 Å². The number of imidazole rings is 1. The van der Waals surface area contributed by atoms with Gasteiger partial charge in [0.15, 0.2) is 23.2 Å². The number of ether oxygens (including phenoxy) is 2. The topological polar surface area (TPSA) is 185 Å². The van der Waals surface area contributed by atoms with Crippen LogP contribution >= 0.6 is 7.75 Å². The maximum atomic E-state index is 16.0. The molecule has 6 atom stereocenters. The average molecular weight is 621 g/mol. The number of nitrogens with two attached hydrogens (primary N) is 1. The zero-order valence-electron chi connectivity index (χ0n) is 22.4. The van der Waals surface area contributed by atoms with E-state index in [1.807, 2.05) is 0 Å². The number of nitrogens with one attached hydrogen (secondary N) is 2. The van der Waals surface area contributed by atoms with Crippen molar-refractivity contribution in [3.05, 3.63) is 36.7 Å². The van der Waals surface area contributed by atoms with Gasteiger partial charge in [0.25, 0.3) is 5.67 Å². The van der Waals surface area contributed by atoms with Crippen LogP contribution in [0.5, 0.6) is 5.75 Å². The molecule has 1 fully saturated rings. The highest BCUT2D eigenvalue weighted by molar-refractivity contribution is 7.52. The third-order valence-electron chi connectivity index (χ3n) is 6.18. The number of para-hydroxylation sites is 1. The first kappa shape index (κ1) is 31.4. The van der Waals surface area contributed by atoms with Gasteiger partial charge in [-0.15, -0.1) is 0 Å². The molecule has 5 N–H and O–H groups in total. The quantitative estimate of drug-likeness (QED) is 0.139. The molecule has 4 rings (SSSR count). The van der Waals surface area contributed by atoms with E-state index in [-0.39, 0.29) is 35.3 Å². The summed E-state index contributed by atoms with van der Waals surface area (Å²) >= 11 is 0. The van der Waals surface area contributed by atoms with Crippen molar-refractivity contribution in [3.8, 4) is 5.75 Å². The molecule has 0 aliphatic carbocycles. The number of nitrogen functional groups attached to an aromatic ring is 1. The number of hydrogen-bond donors (Lipinski definition) is 4. The van der Waals surface area contributed by atoms with Gasteiger partial charge in [0, 0.05) is 7.05 Å². The van der Waals surface area contributed by atoms with Gasteiger partial charge in [-0.2, -0.15) is 28.2 Å². The first-order valence-electron chi connectivity index (χ1n) is 12.4. The summed E-state index contributed by atoms with van der Waals surface area (Å²) in [5.41, 5.74) is 0.878.